The number of aryl methyl sites for hydroxylation is 1. The number of anilines is 1. The van der Waals surface area contributed by atoms with Crippen molar-refractivity contribution in [3.63, 3.8) is 0 Å². The van der Waals surface area contributed by atoms with E-state index in [9.17, 15) is 9.18 Å². The molecule has 3 nitrogen and oxygen atoms in total. The van der Waals surface area contributed by atoms with Gasteiger partial charge in [-0.3, -0.25) is 4.79 Å². The minimum absolute atomic E-state index is 0.203. The fraction of sp³-hybridized carbons (Fsp3) is 0.111. The summed E-state index contributed by atoms with van der Waals surface area (Å²) in [6.07, 6.45) is 0. The largest absolute Gasteiger partial charge is 0.322 e. The number of carbonyl (C=O) groups is 1. The molecule has 0 saturated heterocycles. The lowest BCUT2D eigenvalue weighted by Gasteiger charge is -2.11. The van der Waals surface area contributed by atoms with E-state index >= 15 is 0 Å². The molecular weight excluding hydrogens is 343 g/mol. The Balaban J connectivity index is 1.77. The van der Waals surface area contributed by atoms with Crippen molar-refractivity contribution in [3.8, 4) is 0 Å². The summed E-state index contributed by atoms with van der Waals surface area (Å²) in [6, 6.07) is 11.8. The second-order valence-electron chi connectivity index (χ2n) is 5.18. The Morgan fingerprint density at radius 1 is 1.29 bits per heavy atom. The molecule has 24 heavy (non-hydrogen) atoms. The maximum Gasteiger partial charge on any atom is 0.256 e. The Hall–Kier alpha value is -2.18. The normalized spacial score (nSPS) is 10.6. The summed E-state index contributed by atoms with van der Waals surface area (Å²) in [7, 11) is 0. The second kappa shape index (κ2) is 7.59. The molecule has 1 aromatic heterocycles. The van der Waals surface area contributed by atoms with Crippen LogP contribution < -0.4 is 5.32 Å². The Kier molecular flexibility index (Phi) is 5.27. The number of aromatic nitrogens is 1. The molecule has 0 aliphatic rings. The van der Waals surface area contributed by atoms with Gasteiger partial charge in [0.25, 0.3) is 5.91 Å². The molecule has 0 aliphatic carbocycles. The summed E-state index contributed by atoms with van der Waals surface area (Å²) in [6.45, 7) is 1.77. The van der Waals surface area contributed by atoms with Crippen LogP contribution in [0.3, 0.4) is 0 Å². The van der Waals surface area contributed by atoms with E-state index in [0.29, 0.717) is 22.6 Å². The molecule has 0 saturated carbocycles. The molecule has 1 N–H and O–H groups in total. The van der Waals surface area contributed by atoms with Gasteiger partial charge in [-0.25, -0.2) is 9.37 Å². The van der Waals surface area contributed by atoms with Crippen LogP contribution in [0.2, 0.25) is 0 Å². The summed E-state index contributed by atoms with van der Waals surface area (Å²) in [5, 5.41) is 4.85. The maximum absolute atomic E-state index is 13.2. The first-order chi connectivity index (χ1) is 11.6. The van der Waals surface area contributed by atoms with Crippen LogP contribution in [0.4, 0.5) is 10.1 Å². The smallest absolute Gasteiger partial charge is 0.256 e. The van der Waals surface area contributed by atoms with E-state index in [1.54, 1.807) is 47.7 Å². The Labute approximate surface area is 148 Å². The number of nitrogens with zero attached hydrogens (tertiary/aromatic N) is 1. The molecule has 3 rings (SSSR count). The number of rotatable bonds is 5. The number of thioether (sulfide) groups is 1. The standard InChI is InChI=1S/C18H15FN2OS2/c1-12-8-13(19)6-7-16(12)21-18(22)15-4-2-3-5-17(15)24-10-14-9-23-11-20-14/h2-9,11H,10H2,1H3,(H,21,22). The number of amides is 1. The molecular formula is C18H15FN2OS2. The van der Waals surface area contributed by atoms with Gasteiger partial charge in [-0.1, -0.05) is 12.1 Å². The fourth-order valence-corrected chi connectivity index (χ4v) is 3.81. The van der Waals surface area contributed by atoms with Crippen molar-refractivity contribution in [2.24, 2.45) is 0 Å². The van der Waals surface area contributed by atoms with E-state index in [1.165, 1.54) is 12.1 Å². The number of nitrogens with one attached hydrogen (secondary N) is 1. The fourth-order valence-electron chi connectivity index (χ4n) is 2.20. The number of benzene rings is 2. The maximum atomic E-state index is 13.2. The Bertz CT molecular complexity index is 850. The van der Waals surface area contributed by atoms with Crippen molar-refractivity contribution in [2.45, 2.75) is 17.6 Å². The molecule has 0 radical (unpaired) electrons. The predicted molar refractivity (Wildman–Crippen MR) is 97.2 cm³/mol. The SMILES string of the molecule is Cc1cc(F)ccc1NC(=O)c1ccccc1SCc1cscn1. The van der Waals surface area contributed by atoms with Gasteiger partial charge in [0.15, 0.2) is 0 Å². The quantitative estimate of drug-likeness (QED) is 0.643. The van der Waals surface area contributed by atoms with Crippen LogP contribution in [0, 0.1) is 12.7 Å². The van der Waals surface area contributed by atoms with Crippen molar-refractivity contribution in [3.05, 3.63) is 76.0 Å². The minimum Gasteiger partial charge on any atom is -0.322 e. The molecule has 6 heteroatoms. The van der Waals surface area contributed by atoms with Crippen LogP contribution in [-0.4, -0.2) is 10.9 Å². The van der Waals surface area contributed by atoms with E-state index in [2.05, 4.69) is 10.3 Å². The number of halogens is 1. The van der Waals surface area contributed by atoms with Crippen molar-refractivity contribution in [1.29, 1.82) is 0 Å². The van der Waals surface area contributed by atoms with Crippen molar-refractivity contribution in [1.82, 2.24) is 4.98 Å². The van der Waals surface area contributed by atoms with Gasteiger partial charge >= 0.3 is 0 Å². The van der Waals surface area contributed by atoms with Gasteiger partial charge < -0.3 is 5.32 Å². The summed E-state index contributed by atoms with van der Waals surface area (Å²) in [5.74, 6) is 0.194. The lowest BCUT2D eigenvalue weighted by molar-refractivity contribution is 0.102. The molecule has 0 fully saturated rings. The molecule has 122 valence electrons. The van der Waals surface area contributed by atoms with Crippen LogP contribution in [0.1, 0.15) is 21.6 Å². The summed E-state index contributed by atoms with van der Waals surface area (Å²) < 4.78 is 13.2. The van der Waals surface area contributed by atoms with Gasteiger partial charge in [0.05, 0.1) is 16.8 Å². The molecule has 0 spiro atoms. The van der Waals surface area contributed by atoms with Gasteiger partial charge in [-0.05, 0) is 42.8 Å². The van der Waals surface area contributed by atoms with Crippen LogP contribution in [0.5, 0.6) is 0 Å². The molecule has 0 unspecified atom stereocenters. The number of hydrogen-bond acceptors (Lipinski definition) is 4. The van der Waals surface area contributed by atoms with Crippen LogP contribution in [-0.2, 0) is 5.75 Å². The van der Waals surface area contributed by atoms with Gasteiger partial charge in [-0.2, -0.15) is 0 Å². The minimum atomic E-state index is -0.315. The molecule has 0 bridgehead atoms. The lowest BCUT2D eigenvalue weighted by Crippen LogP contribution is -2.13. The number of carbonyl (C=O) groups excluding carboxylic acids is 1. The van der Waals surface area contributed by atoms with Crippen LogP contribution >= 0.6 is 23.1 Å². The van der Waals surface area contributed by atoms with E-state index in [-0.39, 0.29) is 11.7 Å². The van der Waals surface area contributed by atoms with Gasteiger partial charge in [0.1, 0.15) is 5.82 Å². The number of thiazole rings is 1. The highest BCUT2D eigenvalue weighted by molar-refractivity contribution is 7.98. The zero-order chi connectivity index (χ0) is 16.9. The molecule has 0 atom stereocenters. The topological polar surface area (TPSA) is 42.0 Å². The summed E-state index contributed by atoms with van der Waals surface area (Å²) in [5.41, 5.74) is 4.69. The summed E-state index contributed by atoms with van der Waals surface area (Å²) >= 11 is 3.13. The highest BCUT2D eigenvalue weighted by Gasteiger charge is 2.13. The highest BCUT2D eigenvalue weighted by Crippen LogP contribution is 2.27. The first-order valence-electron chi connectivity index (χ1n) is 7.30. The van der Waals surface area contributed by atoms with Gasteiger partial charge in [0.2, 0.25) is 0 Å². The molecule has 1 heterocycles. The van der Waals surface area contributed by atoms with Crippen molar-refractivity contribution < 1.29 is 9.18 Å². The lowest BCUT2D eigenvalue weighted by atomic mass is 10.1. The zero-order valence-electron chi connectivity index (χ0n) is 13.0. The summed E-state index contributed by atoms with van der Waals surface area (Å²) in [4.78, 5) is 17.7. The average molecular weight is 358 g/mol. The predicted octanol–water partition coefficient (Wildman–Crippen LogP) is 5.14. The average Bonchev–Trinajstić information content (AvgIpc) is 3.09. The van der Waals surface area contributed by atoms with Crippen molar-refractivity contribution in [2.75, 3.05) is 5.32 Å². The molecule has 1 amide bonds. The monoisotopic (exact) mass is 358 g/mol. The molecule has 2 aromatic carbocycles. The van der Waals surface area contributed by atoms with E-state index in [4.69, 9.17) is 0 Å². The second-order valence-corrected chi connectivity index (χ2v) is 6.91. The molecule has 0 aliphatic heterocycles. The van der Waals surface area contributed by atoms with E-state index in [1.807, 2.05) is 23.6 Å². The first-order valence-corrected chi connectivity index (χ1v) is 9.23. The van der Waals surface area contributed by atoms with Crippen LogP contribution in [0.25, 0.3) is 0 Å². The first kappa shape index (κ1) is 16.7. The Morgan fingerprint density at radius 3 is 2.88 bits per heavy atom. The van der Waals surface area contributed by atoms with Crippen LogP contribution in [0.15, 0.2) is 58.3 Å². The highest BCUT2D eigenvalue weighted by atomic mass is 32.2. The third-order valence-electron chi connectivity index (χ3n) is 3.43. The molecule has 3 aromatic rings. The van der Waals surface area contributed by atoms with E-state index in [0.717, 1.165) is 10.6 Å². The van der Waals surface area contributed by atoms with Crippen molar-refractivity contribution >= 4 is 34.7 Å². The van der Waals surface area contributed by atoms with Gasteiger partial charge in [0, 0.05) is 21.7 Å². The van der Waals surface area contributed by atoms with Gasteiger partial charge in [-0.15, -0.1) is 23.1 Å². The number of hydrogen-bond donors (Lipinski definition) is 1. The third-order valence-corrected chi connectivity index (χ3v) is 5.17. The Morgan fingerprint density at radius 2 is 2.12 bits per heavy atom. The van der Waals surface area contributed by atoms with E-state index < -0.39 is 0 Å². The third kappa shape index (κ3) is 4.01. The zero-order valence-corrected chi connectivity index (χ0v) is 14.6.